The van der Waals surface area contributed by atoms with E-state index in [9.17, 15) is 0 Å². The van der Waals surface area contributed by atoms with Crippen LogP contribution in [0.3, 0.4) is 0 Å². The first-order valence-corrected chi connectivity index (χ1v) is 4.94. The maximum Gasteiger partial charge on any atom is 0.0538 e. The van der Waals surface area contributed by atoms with Crippen LogP contribution in [0.1, 0.15) is 6.42 Å². The highest BCUT2D eigenvalue weighted by Gasteiger charge is 2.14. The molecule has 11 heavy (non-hydrogen) atoms. The van der Waals surface area contributed by atoms with Gasteiger partial charge in [-0.1, -0.05) is 0 Å². The standard InChI is InChI=1S/C7H11N3S/c1-3-8-10(4-1)9-7-2-5-11-6-7/h1,3-4,7,9H,2,5-6H2. The van der Waals surface area contributed by atoms with Crippen molar-refractivity contribution in [1.82, 2.24) is 9.89 Å². The Balaban J connectivity index is 1.90. The molecule has 0 bridgehead atoms. The van der Waals surface area contributed by atoms with E-state index in [-0.39, 0.29) is 0 Å². The minimum absolute atomic E-state index is 0.611. The molecule has 1 atom stereocenters. The molecule has 0 aromatic carbocycles. The van der Waals surface area contributed by atoms with Crippen molar-refractivity contribution in [2.45, 2.75) is 12.5 Å². The summed E-state index contributed by atoms with van der Waals surface area (Å²) >= 11 is 2.00. The summed E-state index contributed by atoms with van der Waals surface area (Å²) < 4.78 is 0. The highest BCUT2D eigenvalue weighted by Crippen LogP contribution is 2.17. The maximum atomic E-state index is 4.08. The third-order valence-corrected chi connectivity index (χ3v) is 2.91. The first-order valence-electron chi connectivity index (χ1n) is 3.79. The summed E-state index contributed by atoms with van der Waals surface area (Å²) in [7, 11) is 0. The quantitative estimate of drug-likeness (QED) is 0.714. The molecule has 0 spiro atoms. The second-order valence-corrected chi connectivity index (χ2v) is 3.79. The molecule has 1 aliphatic heterocycles. The molecule has 1 unspecified atom stereocenters. The number of nitrogens with one attached hydrogen (secondary N) is 1. The molecular weight excluding hydrogens is 158 g/mol. The number of rotatable bonds is 2. The SMILES string of the molecule is c1cnn(NC2CCSC2)c1. The number of thioether (sulfide) groups is 1. The number of nitrogens with zero attached hydrogens (tertiary/aromatic N) is 2. The Kier molecular flexibility index (Phi) is 2.03. The van der Waals surface area contributed by atoms with Crippen LogP contribution in [-0.2, 0) is 0 Å². The molecular formula is C7H11N3S. The summed E-state index contributed by atoms with van der Waals surface area (Å²) in [6, 6.07) is 2.54. The lowest BCUT2D eigenvalue weighted by Gasteiger charge is -2.11. The Labute approximate surface area is 70.1 Å². The molecule has 4 heteroatoms. The van der Waals surface area contributed by atoms with Gasteiger partial charge in [0.2, 0.25) is 0 Å². The van der Waals surface area contributed by atoms with Crippen LogP contribution >= 0.6 is 11.8 Å². The monoisotopic (exact) mass is 169 g/mol. The van der Waals surface area contributed by atoms with Crippen molar-refractivity contribution < 1.29 is 0 Å². The third-order valence-electron chi connectivity index (χ3n) is 1.75. The number of hydrogen-bond acceptors (Lipinski definition) is 3. The Bertz CT molecular complexity index is 203. The highest BCUT2D eigenvalue weighted by atomic mass is 32.2. The third kappa shape index (κ3) is 1.68. The van der Waals surface area contributed by atoms with E-state index in [0.717, 1.165) is 0 Å². The lowest BCUT2D eigenvalue weighted by atomic mass is 10.3. The van der Waals surface area contributed by atoms with Gasteiger partial charge in [0.25, 0.3) is 0 Å². The summed E-state index contributed by atoms with van der Waals surface area (Å²) in [5.41, 5.74) is 3.31. The Morgan fingerprint density at radius 2 is 2.64 bits per heavy atom. The average molecular weight is 169 g/mol. The van der Waals surface area contributed by atoms with Gasteiger partial charge in [0, 0.05) is 11.9 Å². The van der Waals surface area contributed by atoms with Crippen molar-refractivity contribution in [2.24, 2.45) is 0 Å². The van der Waals surface area contributed by atoms with Crippen molar-refractivity contribution in [3.8, 4) is 0 Å². The Morgan fingerprint density at radius 3 is 3.27 bits per heavy atom. The van der Waals surface area contributed by atoms with Crippen LogP contribution in [0.2, 0.25) is 0 Å². The van der Waals surface area contributed by atoms with E-state index in [1.807, 2.05) is 24.0 Å². The van der Waals surface area contributed by atoms with Crippen LogP contribution < -0.4 is 5.43 Å². The van der Waals surface area contributed by atoms with Crippen molar-refractivity contribution in [3.63, 3.8) is 0 Å². The van der Waals surface area contributed by atoms with Gasteiger partial charge >= 0.3 is 0 Å². The van der Waals surface area contributed by atoms with Gasteiger partial charge in [-0.3, -0.25) is 0 Å². The molecule has 1 aromatic rings. The van der Waals surface area contributed by atoms with Gasteiger partial charge in [0.15, 0.2) is 0 Å². The van der Waals surface area contributed by atoms with Gasteiger partial charge in [-0.05, 0) is 18.2 Å². The molecule has 0 aliphatic carbocycles. The second-order valence-electron chi connectivity index (χ2n) is 2.64. The molecule has 3 nitrogen and oxygen atoms in total. The lowest BCUT2D eigenvalue weighted by molar-refractivity contribution is 0.641. The topological polar surface area (TPSA) is 29.9 Å². The normalized spacial score (nSPS) is 23.8. The summed E-state index contributed by atoms with van der Waals surface area (Å²) in [4.78, 5) is 1.79. The van der Waals surface area contributed by atoms with Crippen LogP contribution in [-0.4, -0.2) is 27.4 Å². The van der Waals surface area contributed by atoms with Gasteiger partial charge in [0.1, 0.15) is 0 Å². The molecule has 0 radical (unpaired) electrons. The largest absolute Gasteiger partial charge is 0.306 e. The van der Waals surface area contributed by atoms with E-state index in [1.54, 1.807) is 11.0 Å². The van der Waals surface area contributed by atoms with Crippen LogP contribution in [0.5, 0.6) is 0 Å². The zero-order valence-electron chi connectivity index (χ0n) is 6.23. The van der Waals surface area contributed by atoms with Crippen LogP contribution in [0.25, 0.3) is 0 Å². The Morgan fingerprint density at radius 1 is 1.64 bits per heavy atom. The minimum atomic E-state index is 0.611. The summed E-state index contributed by atoms with van der Waals surface area (Å²) in [6.07, 6.45) is 4.97. The summed E-state index contributed by atoms with van der Waals surface area (Å²) in [6.45, 7) is 0. The van der Waals surface area contributed by atoms with Gasteiger partial charge in [-0.2, -0.15) is 21.7 Å². The first-order chi connectivity index (χ1) is 5.45. The van der Waals surface area contributed by atoms with E-state index in [1.165, 1.54) is 17.9 Å². The molecule has 1 N–H and O–H groups in total. The zero-order chi connectivity index (χ0) is 7.52. The average Bonchev–Trinajstić information content (AvgIpc) is 2.60. The molecule has 1 aromatic heterocycles. The van der Waals surface area contributed by atoms with Crippen LogP contribution in [0, 0.1) is 0 Å². The second kappa shape index (κ2) is 3.17. The van der Waals surface area contributed by atoms with Crippen LogP contribution in [0.4, 0.5) is 0 Å². The van der Waals surface area contributed by atoms with E-state index in [4.69, 9.17) is 0 Å². The van der Waals surface area contributed by atoms with E-state index in [0.29, 0.717) is 6.04 Å². The van der Waals surface area contributed by atoms with Crippen molar-refractivity contribution in [1.29, 1.82) is 0 Å². The summed E-state index contributed by atoms with van der Waals surface area (Å²) in [5.74, 6) is 2.48. The zero-order valence-corrected chi connectivity index (χ0v) is 7.05. The maximum absolute atomic E-state index is 4.08. The van der Waals surface area contributed by atoms with Crippen molar-refractivity contribution >= 4 is 11.8 Å². The molecule has 1 fully saturated rings. The fourth-order valence-electron chi connectivity index (χ4n) is 1.17. The van der Waals surface area contributed by atoms with E-state index in [2.05, 4.69) is 10.5 Å². The fraction of sp³-hybridized carbons (Fsp3) is 0.571. The first kappa shape index (κ1) is 7.03. The van der Waals surface area contributed by atoms with Gasteiger partial charge in [-0.15, -0.1) is 0 Å². The Hall–Kier alpha value is -0.640. The molecule has 1 aliphatic rings. The van der Waals surface area contributed by atoms with E-state index >= 15 is 0 Å². The predicted molar refractivity (Wildman–Crippen MR) is 47.3 cm³/mol. The highest BCUT2D eigenvalue weighted by molar-refractivity contribution is 7.99. The van der Waals surface area contributed by atoms with Gasteiger partial charge < -0.3 is 5.43 Å². The smallest absolute Gasteiger partial charge is 0.0538 e. The molecule has 2 rings (SSSR count). The number of aromatic nitrogens is 2. The molecule has 0 amide bonds. The van der Waals surface area contributed by atoms with Crippen molar-refractivity contribution in [2.75, 3.05) is 16.9 Å². The fourth-order valence-corrected chi connectivity index (χ4v) is 2.31. The molecule has 60 valence electrons. The minimum Gasteiger partial charge on any atom is -0.306 e. The molecule has 1 saturated heterocycles. The lowest BCUT2D eigenvalue weighted by Crippen LogP contribution is -2.27. The van der Waals surface area contributed by atoms with E-state index < -0.39 is 0 Å². The van der Waals surface area contributed by atoms with Gasteiger partial charge in [0.05, 0.1) is 12.2 Å². The molecule has 2 heterocycles. The molecule has 0 saturated carbocycles. The predicted octanol–water partition coefficient (Wildman–Crippen LogP) is 0.932. The number of hydrogen-bond donors (Lipinski definition) is 1. The summed E-state index contributed by atoms with van der Waals surface area (Å²) in [5, 5.41) is 4.08. The van der Waals surface area contributed by atoms with Crippen molar-refractivity contribution in [3.05, 3.63) is 18.5 Å². The van der Waals surface area contributed by atoms with Crippen LogP contribution in [0.15, 0.2) is 18.5 Å². The van der Waals surface area contributed by atoms with Gasteiger partial charge in [-0.25, -0.2) is 0 Å².